The number of ether oxygens (including phenoxy) is 1. The monoisotopic (exact) mass is 212 g/mol. The van der Waals surface area contributed by atoms with Crippen molar-refractivity contribution in [1.82, 2.24) is 0 Å². The first-order chi connectivity index (χ1) is 4.13. The maximum atomic E-state index is 10.4. The van der Waals surface area contributed by atoms with E-state index in [-0.39, 0.29) is 0 Å². The standard InChI is InChI=1S/C4H2BrClO3/c5-1-2(6)4(8)9-3(1)7/h1-2H. The fourth-order valence-corrected chi connectivity index (χ4v) is 0.907. The van der Waals surface area contributed by atoms with E-state index in [1.54, 1.807) is 0 Å². The summed E-state index contributed by atoms with van der Waals surface area (Å²) in [7, 11) is 0. The minimum atomic E-state index is -0.863. The molecule has 0 aliphatic carbocycles. The molecule has 2 atom stereocenters. The summed E-state index contributed by atoms with van der Waals surface area (Å²) in [5.74, 6) is -1.29. The van der Waals surface area contributed by atoms with Crippen molar-refractivity contribution in [3.05, 3.63) is 0 Å². The number of alkyl halides is 2. The van der Waals surface area contributed by atoms with Crippen LogP contribution in [0.4, 0.5) is 0 Å². The molecule has 0 amide bonds. The molecule has 0 bridgehead atoms. The number of carbonyl (C=O) groups excluding carboxylic acids is 2. The third kappa shape index (κ3) is 1.09. The second kappa shape index (κ2) is 2.27. The zero-order valence-corrected chi connectivity index (χ0v) is 6.48. The Morgan fingerprint density at radius 1 is 1.44 bits per heavy atom. The molecule has 0 aromatic rings. The highest BCUT2D eigenvalue weighted by molar-refractivity contribution is 9.10. The van der Waals surface area contributed by atoms with Gasteiger partial charge in [-0.1, -0.05) is 15.9 Å². The molecule has 1 fully saturated rings. The summed E-state index contributed by atoms with van der Waals surface area (Å²) in [6, 6.07) is 0. The van der Waals surface area contributed by atoms with Gasteiger partial charge in [0.25, 0.3) is 0 Å². The van der Waals surface area contributed by atoms with Crippen molar-refractivity contribution in [2.45, 2.75) is 10.2 Å². The summed E-state index contributed by atoms with van der Waals surface area (Å²) in [6.45, 7) is 0. The lowest BCUT2D eigenvalue weighted by molar-refractivity contribution is -0.151. The minimum Gasteiger partial charge on any atom is -0.391 e. The lowest BCUT2D eigenvalue weighted by atomic mass is 10.3. The highest BCUT2D eigenvalue weighted by Crippen LogP contribution is 2.21. The van der Waals surface area contributed by atoms with E-state index in [1.807, 2.05) is 0 Å². The Morgan fingerprint density at radius 3 is 2.11 bits per heavy atom. The number of carbonyl (C=O) groups is 2. The van der Waals surface area contributed by atoms with Gasteiger partial charge in [0.15, 0.2) is 5.38 Å². The van der Waals surface area contributed by atoms with Gasteiger partial charge in [0.05, 0.1) is 0 Å². The Balaban J connectivity index is 2.77. The van der Waals surface area contributed by atoms with Gasteiger partial charge in [-0.3, -0.25) is 4.79 Å². The molecule has 1 heterocycles. The molecule has 0 N–H and O–H groups in total. The van der Waals surface area contributed by atoms with Crippen LogP contribution in [0.1, 0.15) is 0 Å². The number of hydrogen-bond donors (Lipinski definition) is 0. The number of cyclic esters (lactones) is 2. The van der Waals surface area contributed by atoms with Crippen molar-refractivity contribution in [3.8, 4) is 0 Å². The molecule has 1 aliphatic heterocycles. The molecule has 0 aromatic carbocycles. The van der Waals surface area contributed by atoms with Crippen molar-refractivity contribution in [2.24, 2.45) is 0 Å². The Bertz CT molecular complexity index is 151. The molecule has 50 valence electrons. The van der Waals surface area contributed by atoms with Crippen LogP contribution in [-0.4, -0.2) is 22.1 Å². The van der Waals surface area contributed by atoms with Crippen molar-refractivity contribution in [3.63, 3.8) is 0 Å². The molecule has 2 unspecified atom stereocenters. The van der Waals surface area contributed by atoms with E-state index in [1.165, 1.54) is 0 Å². The SMILES string of the molecule is O=C1OC(=O)C(Br)C1Cl. The summed E-state index contributed by atoms with van der Waals surface area (Å²) in [4.78, 5) is 20.1. The number of esters is 2. The Labute approximate surface area is 64.4 Å². The first-order valence-electron chi connectivity index (χ1n) is 2.16. The van der Waals surface area contributed by atoms with Gasteiger partial charge >= 0.3 is 11.9 Å². The van der Waals surface area contributed by atoms with Crippen LogP contribution in [0.2, 0.25) is 0 Å². The van der Waals surface area contributed by atoms with Crippen molar-refractivity contribution in [1.29, 1.82) is 0 Å². The zero-order valence-electron chi connectivity index (χ0n) is 4.14. The predicted molar refractivity (Wildman–Crippen MR) is 33.5 cm³/mol. The first-order valence-corrected chi connectivity index (χ1v) is 3.52. The minimum absolute atomic E-state index is 0.611. The number of rotatable bonds is 0. The maximum Gasteiger partial charge on any atom is 0.333 e. The zero-order chi connectivity index (χ0) is 7.02. The average Bonchev–Trinajstić information content (AvgIpc) is 1.98. The van der Waals surface area contributed by atoms with E-state index in [2.05, 4.69) is 20.7 Å². The lowest BCUT2D eigenvalue weighted by Crippen LogP contribution is -2.16. The third-order valence-corrected chi connectivity index (χ3v) is 2.55. The predicted octanol–water partition coefficient (Wildman–Crippen LogP) is 0.441. The lowest BCUT2D eigenvalue weighted by Gasteiger charge is -1.91. The van der Waals surface area contributed by atoms with Crippen LogP contribution in [0.25, 0.3) is 0 Å². The average molecular weight is 213 g/mol. The molecule has 1 rings (SSSR count). The molecular weight excluding hydrogens is 211 g/mol. The molecule has 0 spiro atoms. The van der Waals surface area contributed by atoms with Crippen LogP contribution >= 0.6 is 27.5 Å². The molecule has 3 nitrogen and oxygen atoms in total. The largest absolute Gasteiger partial charge is 0.391 e. The number of halogens is 2. The van der Waals surface area contributed by atoms with Gasteiger partial charge in [-0.15, -0.1) is 11.6 Å². The first kappa shape index (κ1) is 7.02. The van der Waals surface area contributed by atoms with Gasteiger partial charge in [-0.2, -0.15) is 0 Å². The van der Waals surface area contributed by atoms with Crippen LogP contribution in [-0.2, 0) is 14.3 Å². The van der Waals surface area contributed by atoms with Crippen LogP contribution in [0, 0.1) is 0 Å². The van der Waals surface area contributed by atoms with Gasteiger partial charge in [0.2, 0.25) is 0 Å². The summed E-state index contributed by atoms with van der Waals surface area (Å²) in [6.07, 6.45) is 0. The number of hydrogen-bond acceptors (Lipinski definition) is 3. The molecular formula is C4H2BrClO3. The summed E-state index contributed by atoms with van der Waals surface area (Å²) in [5.41, 5.74) is 0. The Hall–Kier alpha value is -0.0900. The van der Waals surface area contributed by atoms with E-state index in [9.17, 15) is 9.59 Å². The molecule has 1 saturated heterocycles. The molecule has 9 heavy (non-hydrogen) atoms. The van der Waals surface area contributed by atoms with E-state index < -0.39 is 22.1 Å². The van der Waals surface area contributed by atoms with Gasteiger partial charge in [0.1, 0.15) is 4.83 Å². The summed E-state index contributed by atoms with van der Waals surface area (Å²) < 4.78 is 4.13. The Morgan fingerprint density at radius 2 is 2.00 bits per heavy atom. The van der Waals surface area contributed by atoms with E-state index in [0.29, 0.717) is 0 Å². The maximum absolute atomic E-state index is 10.4. The van der Waals surface area contributed by atoms with E-state index in [4.69, 9.17) is 11.6 Å². The topological polar surface area (TPSA) is 43.4 Å². The fraction of sp³-hybridized carbons (Fsp3) is 0.500. The fourth-order valence-electron chi connectivity index (χ4n) is 0.451. The highest BCUT2D eigenvalue weighted by Gasteiger charge is 2.41. The summed E-state index contributed by atoms with van der Waals surface area (Å²) in [5, 5.41) is -0.863. The van der Waals surface area contributed by atoms with Crippen LogP contribution in [0.5, 0.6) is 0 Å². The normalized spacial score (nSPS) is 34.9. The van der Waals surface area contributed by atoms with E-state index in [0.717, 1.165) is 0 Å². The molecule has 0 aromatic heterocycles. The molecule has 5 heteroatoms. The van der Waals surface area contributed by atoms with E-state index >= 15 is 0 Å². The second-order valence-corrected chi connectivity index (χ2v) is 3.00. The molecule has 1 aliphatic rings. The van der Waals surface area contributed by atoms with Crippen molar-refractivity contribution < 1.29 is 14.3 Å². The second-order valence-electron chi connectivity index (χ2n) is 1.54. The van der Waals surface area contributed by atoms with Gasteiger partial charge in [0, 0.05) is 0 Å². The molecule has 0 saturated carbocycles. The van der Waals surface area contributed by atoms with Crippen LogP contribution in [0.15, 0.2) is 0 Å². The van der Waals surface area contributed by atoms with Crippen molar-refractivity contribution in [2.75, 3.05) is 0 Å². The summed E-state index contributed by atoms with van der Waals surface area (Å²) >= 11 is 8.25. The van der Waals surface area contributed by atoms with Crippen LogP contribution in [0.3, 0.4) is 0 Å². The quantitative estimate of drug-likeness (QED) is 0.333. The van der Waals surface area contributed by atoms with Gasteiger partial charge in [-0.25, -0.2) is 4.79 Å². The molecule has 0 radical (unpaired) electrons. The van der Waals surface area contributed by atoms with Crippen LogP contribution < -0.4 is 0 Å². The van der Waals surface area contributed by atoms with Gasteiger partial charge < -0.3 is 4.74 Å². The smallest absolute Gasteiger partial charge is 0.333 e. The Kier molecular flexibility index (Phi) is 1.77. The van der Waals surface area contributed by atoms with Crippen molar-refractivity contribution >= 4 is 39.5 Å². The highest BCUT2D eigenvalue weighted by atomic mass is 79.9. The van der Waals surface area contributed by atoms with Gasteiger partial charge in [-0.05, 0) is 0 Å². The third-order valence-electron chi connectivity index (χ3n) is 0.908.